The molecule has 0 aromatic heterocycles. The van der Waals surface area contributed by atoms with Crippen LogP contribution in [0.25, 0.3) is 0 Å². The molecule has 1 amide bonds. The van der Waals surface area contributed by atoms with Gasteiger partial charge in [0.2, 0.25) is 5.91 Å². The Balaban J connectivity index is 2.29. The van der Waals surface area contributed by atoms with Crippen molar-refractivity contribution in [3.8, 4) is 0 Å². The Morgan fingerprint density at radius 2 is 2.14 bits per heavy atom. The molecule has 1 aromatic rings. The molecule has 1 N–H and O–H groups in total. The van der Waals surface area contributed by atoms with Crippen LogP contribution < -0.4 is 5.32 Å². The van der Waals surface area contributed by atoms with Crippen molar-refractivity contribution in [1.29, 1.82) is 0 Å². The number of rotatable bonds is 0. The number of benzene rings is 1. The molecule has 1 aromatic carbocycles. The maximum atomic E-state index is 11.8. The number of hydrogen-bond donors (Lipinski definition) is 1. The van der Waals surface area contributed by atoms with Gasteiger partial charge in [-0.15, -0.1) is 0 Å². The lowest BCUT2D eigenvalue weighted by molar-refractivity contribution is -0.117. The van der Waals surface area contributed by atoms with Gasteiger partial charge in [-0.1, -0.05) is 18.2 Å². The summed E-state index contributed by atoms with van der Waals surface area (Å²) in [6.07, 6.45) is 5.18. The predicted octanol–water partition coefficient (Wildman–Crippen LogP) is 1.47. The zero-order chi connectivity index (χ0) is 9.60. The van der Waals surface area contributed by atoms with E-state index in [4.69, 9.17) is 0 Å². The minimum Gasteiger partial charge on any atom is -0.324 e. The average Bonchev–Trinajstić information content (AvgIpc) is 2.77. The van der Waals surface area contributed by atoms with Gasteiger partial charge >= 0.3 is 0 Å². The lowest BCUT2D eigenvalue weighted by Crippen LogP contribution is -2.32. The number of aliphatic imine (C=N–C) groups is 1. The van der Waals surface area contributed by atoms with Gasteiger partial charge in [-0.05, 0) is 12.1 Å². The highest BCUT2D eigenvalue weighted by molar-refractivity contribution is 6.19. The topological polar surface area (TPSA) is 41.5 Å². The quantitative estimate of drug-likeness (QED) is 0.651. The fraction of sp³-hybridized carbons (Fsp3) is 0.0909. The summed E-state index contributed by atoms with van der Waals surface area (Å²) in [5.74, 6) is -0.0174. The lowest BCUT2D eigenvalue weighted by Gasteiger charge is -2.13. The highest BCUT2D eigenvalue weighted by atomic mass is 16.2. The van der Waals surface area contributed by atoms with E-state index >= 15 is 0 Å². The summed E-state index contributed by atoms with van der Waals surface area (Å²) in [6.45, 7) is 0. The molecule has 2 heterocycles. The second-order valence-electron chi connectivity index (χ2n) is 3.46. The molecule has 14 heavy (non-hydrogen) atoms. The van der Waals surface area contributed by atoms with Crippen LogP contribution in [0.4, 0.5) is 5.69 Å². The van der Waals surface area contributed by atoms with Gasteiger partial charge in [0, 0.05) is 23.7 Å². The van der Waals surface area contributed by atoms with Crippen molar-refractivity contribution in [2.24, 2.45) is 4.99 Å². The summed E-state index contributed by atoms with van der Waals surface area (Å²) in [4.78, 5) is 15.8. The SMILES string of the molecule is O=C1Nc2ccccc2C12C=CN=C2. The predicted molar refractivity (Wildman–Crippen MR) is 54.4 cm³/mol. The third-order valence-electron chi connectivity index (χ3n) is 2.70. The molecule has 0 bridgehead atoms. The van der Waals surface area contributed by atoms with E-state index in [1.807, 2.05) is 30.3 Å². The Hall–Kier alpha value is -1.90. The van der Waals surface area contributed by atoms with Crippen molar-refractivity contribution >= 4 is 17.8 Å². The molecule has 0 aliphatic carbocycles. The van der Waals surface area contributed by atoms with Crippen LogP contribution in [-0.2, 0) is 10.2 Å². The minimum absolute atomic E-state index is 0.0174. The average molecular weight is 184 g/mol. The molecule has 2 aliphatic heterocycles. The fourth-order valence-electron chi connectivity index (χ4n) is 1.96. The first-order valence-corrected chi connectivity index (χ1v) is 4.46. The molecule has 3 rings (SSSR count). The van der Waals surface area contributed by atoms with Gasteiger partial charge in [0.05, 0.1) is 0 Å². The second-order valence-corrected chi connectivity index (χ2v) is 3.46. The number of carbonyl (C=O) groups is 1. The summed E-state index contributed by atoms with van der Waals surface area (Å²) < 4.78 is 0. The third kappa shape index (κ3) is 0.719. The van der Waals surface area contributed by atoms with Gasteiger partial charge in [0.15, 0.2) is 0 Å². The summed E-state index contributed by atoms with van der Waals surface area (Å²) in [5.41, 5.74) is 1.23. The molecular weight excluding hydrogens is 176 g/mol. The summed E-state index contributed by atoms with van der Waals surface area (Å²) in [6, 6.07) is 7.70. The second kappa shape index (κ2) is 2.32. The number of nitrogens with one attached hydrogen (secondary N) is 1. The van der Waals surface area contributed by atoms with Crippen molar-refractivity contribution in [3.05, 3.63) is 42.1 Å². The summed E-state index contributed by atoms with van der Waals surface area (Å²) >= 11 is 0. The van der Waals surface area contributed by atoms with Gasteiger partial charge in [-0.3, -0.25) is 9.79 Å². The molecular formula is C11H8N2O. The number of hydrogen-bond acceptors (Lipinski definition) is 2. The number of para-hydroxylation sites is 1. The smallest absolute Gasteiger partial charge is 0.244 e. The van der Waals surface area contributed by atoms with Crippen LogP contribution >= 0.6 is 0 Å². The first-order chi connectivity index (χ1) is 6.83. The van der Waals surface area contributed by atoms with Gasteiger partial charge < -0.3 is 5.32 Å². The van der Waals surface area contributed by atoms with Gasteiger partial charge in [0.1, 0.15) is 5.41 Å². The lowest BCUT2D eigenvalue weighted by atomic mass is 9.84. The largest absolute Gasteiger partial charge is 0.324 e. The highest BCUT2D eigenvalue weighted by Crippen LogP contribution is 2.39. The maximum absolute atomic E-state index is 11.8. The third-order valence-corrected chi connectivity index (χ3v) is 2.70. The highest BCUT2D eigenvalue weighted by Gasteiger charge is 2.44. The van der Waals surface area contributed by atoms with E-state index < -0.39 is 5.41 Å². The van der Waals surface area contributed by atoms with Gasteiger partial charge in [-0.25, -0.2) is 0 Å². The Morgan fingerprint density at radius 1 is 1.29 bits per heavy atom. The van der Waals surface area contributed by atoms with Crippen molar-refractivity contribution < 1.29 is 4.79 Å². The van der Waals surface area contributed by atoms with Crippen LogP contribution in [-0.4, -0.2) is 12.1 Å². The van der Waals surface area contributed by atoms with Crippen molar-refractivity contribution in [2.45, 2.75) is 5.41 Å². The Bertz CT molecular complexity index is 462. The molecule has 0 fully saturated rings. The van der Waals surface area contributed by atoms with Crippen LogP contribution in [0.2, 0.25) is 0 Å². The van der Waals surface area contributed by atoms with Crippen LogP contribution in [0, 0.1) is 0 Å². The van der Waals surface area contributed by atoms with Crippen molar-refractivity contribution in [3.63, 3.8) is 0 Å². The van der Waals surface area contributed by atoms with Crippen molar-refractivity contribution in [2.75, 3.05) is 5.32 Å². The molecule has 0 saturated carbocycles. The number of fused-ring (bicyclic) bond motifs is 2. The zero-order valence-corrected chi connectivity index (χ0v) is 7.40. The Morgan fingerprint density at radius 3 is 2.93 bits per heavy atom. The fourth-order valence-corrected chi connectivity index (χ4v) is 1.96. The molecule has 2 aliphatic rings. The van der Waals surface area contributed by atoms with Crippen molar-refractivity contribution in [1.82, 2.24) is 0 Å². The summed E-state index contributed by atoms with van der Waals surface area (Å²) in [5, 5.41) is 2.85. The van der Waals surface area contributed by atoms with Gasteiger partial charge in [-0.2, -0.15) is 0 Å². The standard InChI is InChI=1S/C11H8N2O/c14-10-11(5-6-12-7-11)8-3-1-2-4-9(8)13-10/h1-7H,(H,13,14). The molecule has 1 unspecified atom stereocenters. The number of amides is 1. The van der Waals surface area contributed by atoms with E-state index in [0.717, 1.165) is 11.3 Å². The summed E-state index contributed by atoms with van der Waals surface area (Å²) in [7, 11) is 0. The van der Waals surface area contributed by atoms with Crippen LogP contribution in [0.15, 0.2) is 41.5 Å². The molecule has 3 nitrogen and oxygen atoms in total. The molecule has 1 spiro atoms. The molecule has 3 heteroatoms. The van der Waals surface area contributed by atoms with E-state index in [2.05, 4.69) is 10.3 Å². The normalized spacial score (nSPS) is 27.0. The van der Waals surface area contributed by atoms with Gasteiger partial charge in [0.25, 0.3) is 0 Å². The van der Waals surface area contributed by atoms with E-state index in [-0.39, 0.29) is 5.91 Å². The first-order valence-electron chi connectivity index (χ1n) is 4.46. The molecule has 1 atom stereocenters. The Kier molecular flexibility index (Phi) is 1.24. The number of nitrogens with zero attached hydrogens (tertiary/aromatic N) is 1. The van der Waals surface area contributed by atoms with E-state index in [9.17, 15) is 4.79 Å². The molecule has 0 radical (unpaired) electrons. The zero-order valence-electron chi connectivity index (χ0n) is 7.40. The number of anilines is 1. The van der Waals surface area contributed by atoms with Crippen LogP contribution in [0.1, 0.15) is 5.56 Å². The maximum Gasteiger partial charge on any atom is 0.244 e. The van der Waals surface area contributed by atoms with Crippen LogP contribution in [0.5, 0.6) is 0 Å². The molecule has 0 saturated heterocycles. The molecule has 68 valence electrons. The van der Waals surface area contributed by atoms with E-state index in [1.165, 1.54) is 0 Å². The number of carbonyl (C=O) groups excluding carboxylic acids is 1. The first kappa shape index (κ1) is 7.50. The Labute approximate surface area is 81.2 Å². The minimum atomic E-state index is -0.642. The van der Waals surface area contributed by atoms with E-state index in [0.29, 0.717) is 0 Å². The van der Waals surface area contributed by atoms with E-state index in [1.54, 1.807) is 12.4 Å². The van der Waals surface area contributed by atoms with Crippen LogP contribution in [0.3, 0.4) is 0 Å². The monoisotopic (exact) mass is 184 g/mol.